The van der Waals surface area contributed by atoms with Gasteiger partial charge < -0.3 is 37.2 Å². The van der Waals surface area contributed by atoms with Crippen LogP contribution in [0.2, 0.25) is 0 Å². The zero-order valence-corrected chi connectivity index (χ0v) is 30.2. The molecule has 0 saturated carbocycles. The van der Waals surface area contributed by atoms with E-state index in [0.717, 1.165) is 6.04 Å². The predicted octanol–water partition coefficient (Wildman–Crippen LogP) is -0.536. The normalized spacial score (nSPS) is 10.2. The Kier molecular flexibility index (Phi) is 14.5. The summed E-state index contributed by atoms with van der Waals surface area (Å²) < 4.78 is 0. The van der Waals surface area contributed by atoms with Crippen molar-refractivity contribution < 1.29 is 58.9 Å². The molecule has 0 amide bonds. The smallest absolute Gasteiger partial charge is 1.00 e. The number of hydrogen-bond acceptors (Lipinski definition) is 0. The zero-order chi connectivity index (χ0) is 27.5. The molecule has 0 spiro atoms. The van der Waals surface area contributed by atoms with E-state index in [9.17, 15) is 0 Å². The maximum absolute atomic E-state index is 2.41. The molecule has 0 N–H and O–H groups in total. The molecule has 0 fully saturated rings. The van der Waals surface area contributed by atoms with E-state index in [1.165, 1.54) is 66.0 Å². The largest absolute Gasteiger partial charge is 4.00 e. The Labute approximate surface area is 298 Å². The number of halogens is 3. The average molecular weight is 686 g/mol. The van der Waals surface area contributed by atoms with Gasteiger partial charge in [0, 0.05) is 0 Å². The third-order valence-electron chi connectivity index (χ3n) is 8.50. The van der Waals surface area contributed by atoms with E-state index >= 15 is 0 Å². The quantitative estimate of drug-likeness (QED) is 0.157. The Hall–Kier alpha value is -2.75. The molecule has 0 unspecified atom stereocenters. The Morgan fingerprint density at radius 1 is 0.455 bits per heavy atom. The average Bonchev–Trinajstić information content (AvgIpc) is 3.24. The molecule has 220 valence electrons. The van der Waals surface area contributed by atoms with Gasteiger partial charge in [0.1, 0.15) is 0 Å². The van der Waals surface area contributed by atoms with E-state index in [2.05, 4.69) is 160 Å². The Morgan fingerprint density at radius 3 is 1.23 bits per heavy atom. The van der Waals surface area contributed by atoms with Gasteiger partial charge in [0.15, 0.2) is 0 Å². The van der Waals surface area contributed by atoms with Gasteiger partial charge in [-0.1, -0.05) is 176 Å². The minimum atomic E-state index is -1.51. The van der Waals surface area contributed by atoms with Gasteiger partial charge in [-0.3, -0.25) is 0 Å². The standard InChI is InChI=1S/C39H35Si.3ClH.Ti/c1-28-29(2)38(27-40(36-20-12-6-13-21-36)37-22-14-7-15-23-37)39(30(28)3)35-25-33(31-16-8-4-9-17-31)24-34(26-35)32-18-10-5-11-19-32;;;;/h4-26,40H,27H2,1-3H3;3*1H;/q-1;;;;+4/p-3. The van der Waals surface area contributed by atoms with Gasteiger partial charge in [-0.25, -0.2) is 0 Å². The van der Waals surface area contributed by atoms with Gasteiger partial charge in [0.05, 0.1) is 8.80 Å². The van der Waals surface area contributed by atoms with Gasteiger partial charge in [-0.2, -0.15) is 11.1 Å². The van der Waals surface area contributed by atoms with Crippen molar-refractivity contribution in [1.29, 1.82) is 0 Å². The van der Waals surface area contributed by atoms with Crippen LogP contribution in [0.5, 0.6) is 0 Å². The number of rotatable bonds is 7. The second-order valence-electron chi connectivity index (χ2n) is 10.8. The van der Waals surface area contributed by atoms with Crippen molar-refractivity contribution in [3.05, 3.63) is 162 Å². The molecule has 0 bridgehead atoms. The molecule has 44 heavy (non-hydrogen) atoms. The van der Waals surface area contributed by atoms with Crippen molar-refractivity contribution in [2.45, 2.75) is 26.8 Å². The zero-order valence-electron chi connectivity index (χ0n) is 25.2. The summed E-state index contributed by atoms with van der Waals surface area (Å²) in [5.41, 5.74) is 13.6. The SMILES string of the molecule is Cc1c(C)c(-c2cc(-c3ccccc3)cc(-c3ccccc3)c2)[c-](C[SiH](c2ccccc2)c2ccccc2)c1C.[Cl-].[Cl-].[Cl-].[Ti+4]. The fourth-order valence-electron chi connectivity index (χ4n) is 6.12. The molecule has 5 heteroatoms. The first-order chi connectivity index (χ1) is 19.6. The monoisotopic (exact) mass is 684 g/mol. The molecule has 0 heterocycles. The first-order valence-electron chi connectivity index (χ1n) is 14.2. The van der Waals surface area contributed by atoms with Crippen molar-refractivity contribution in [2.75, 3.05) is 0 Å². The summed E-state index contributed by atoms with van der Waals surface area (Å²) in [7, 11) is -1.51. The summed E-state index contributed by atoms with van der Waals surface area (Å²) in [6.07, 6.45) is 0. The van der Waals surface area contributed by atoms with E-state index in [0.29, 0.717) is 0 Å². The molecular formula is C39H35Cl3SiTi. The molecule has 0 saturated heterocycles. The van der Waals surface area contributed by atoms with Crippen molar-refractivity contribution in [3.63, 3.8) is 0 Å². The minimum Gasteiger partial charge on any atom is -1.00 e. The first-order valence-corrected chi connectivity index (χ1v) is 16.2. The molecule has 6 aromatic rings. The molecule has 0 atom stereocenters. The van der Waals surface area contributed by atoms with E-state index in [1.54, 1.807) is 0 Å². The molecule has 0 aliphatic carbocycles. The summed E-state index contributed by atoms with van der Waals surface area (Å²) >= 11 is 0. The van der Waals surface area contributed by atoms with Crippen LogP contribution in [0.4, 0.5) is 0 Å². The molecule has 0 aromatic heterocycles. The fourth-order valence-corrected chi connectivity index (χ4v) is 9.27. The minimum absolute atomic E-state index is 0. The Morgan fingerprint density at radius 2 is 0.818 bits per heavy atom. The third kappa shape index (κ3) is 7.90. The molecule has 0 nitrogen and oxygen atoms in total. The van der Waals surface area contributed by atoms with Crippen LogP contribution >= 0.6 is 0 Å². The van der Waals surface area contributed by atoms with Gasteiger partial charge in [-0.05, 0) is 28.3 Å². The van der Waals surface area contributed by atoms with Gasteiger partial charge in [0.2, 0.25) is 0 Å². The Balaban J connectivity index is 0.00000169. The van der Waals surface area contributed by atoms with Crippen molar-refractivity contribution in [1.82, 2.24) is 0 Å². The van der Waals surface area contributed by atoms with Crippen LogP contribution in [0, 0.1) is 20.8 Å². The van der Waals surface area contributed by atoms with Crippen molar-refractivity contribution >= 4 is 19.2 Å². The van der Waals surface area contributed by atoms with Crippen molar-refractivity contribution in [2.24, 2.45) is 0 Å². The van der Waals surface area contributed by atoms with Crippen LogP contribution in [0.1, 0.15) is 22.3 Å². The summed E-state index contributed by atoms with van der Waals surface area (Å²) in [5, 5.41) is 3.00. The third-order valence-corrected chi connectivity index (χ3v) is 11.7. The Bertz CT molecular complexity index is 1640. The van der Waals surface area contributed by atoms with Gasteiger partial charge >= 0.3 is 21.7 Å². The second kappa shape index (κ2) is 17.1. The van der Waals surface area contributed by atoms with Crippen LogP contribution in [0.25, 0.3) is 33.4 Å². The predicted molar refractivity (Wildman–Crippen MR) is 176 cm³/mol. The van der Waals surface area contributed by atoms with Crippen LogP contribution in [-0.2, 0) is 27.8 Å². The molecule has 0 radical (unpaired) electrons. The maximum Gasteiger partial charge on any atom is 4.00 e. The van der Waals surface area contributed by atoms with E-state index in [4.69, 9.17) is 0 Å². The fraction of sp³-hybridized carbons (Fsp3) is 0.103. The molecule has 6 rings (SSSR count). The molecule has 0 aliphatic rings. The van der Waals surface area contributed by atoms with E-state index < -0.39 is 8.80 Å². The van der Waals surface area contributed by atoms with Crippen LogP contribution < -0.4 is 47.6 Å². The molecule has 6 aromatic carbocycles. The van der Waals surface area contributed by atoms with Crippen LogP contribution in [-0.4, -0.2) is 8.80 Å². The number of benzene rings is 5. The summed E-state index contributed by atoms with van der Waals surface area (Å²) in [6.45, 7) is 6.96. The van der Waals surface area contributed by atoms with Crippen LogP contribution in [0.15, 0.2) is 140 Å². The van der Waals surface area contributed by atoms with Crippen LogP contribution in [0.3, 0.4) is 0 Å². The number of hydrogen-bond donors (Lipinski definition) is 0. The van der Waals surface area contributed by atoms with E-state index in [1.807, 2.05) is 0 Å². The molecular weight excluding hydrogens is 651 g/mol. The molecule has 0 aliphatic heterocycles. The summed E-state index contributed by atoms with van der Waals surface area (Å²) in [5.74, 6) is 0. The maximum atomic E-state index is 2.41. The first kappa shape index (κ1) is 37.4. The summed E-state index contributed by atoms with van der Waals surface area (Å²) in [4.78, 5) is 0. The topological polar surface area (TPSA) is 0 Å². The van der Waals surface area contributed by atoms with Gasteiger partial charge in [-0.15, -0.1) is 16.7 Å². The van der Waals surface area contributed by atoms with Gasteiger partial charge in [0.25, 0.3) is 0 Å². The second-order valence-corrected chi connectivity index (χ2v) is 13.7. The summed E-state index contributed by atoms with van der Waals surface area (Å²) in [6, 6.07) is 52.3. The van der Waals surface area contributed by atoms with E-state index in [-0.39, 0.29) is 58.9 Å². The van der Waals surface area contributed by atoms with Crippen molar-refractivity contribution in [3.8, 4) is 33.4 Å².